The van der Waals surface area contributed by atoms with Crippen LogP contribution in [0.3, 0.4) is 0 Å². The molecule has 1 aromatic rings. The number of carbonyl (C=O) groups excluding carboxylic acids is 1. The highest BCUT2D eigenvalue weighted by Crippen LogP contribution is 2.22. The molecule has 0 saturated heterocycles. The molecule has 3 heteroatoms. The number of ketones is 1. The Kier molecular flexibility index (Phi) is 14.4. The van der Waals surface area contributed by atoms with Gasteiger partial charge in [-0.3, -0.25) is 4.79 Å². The number of aromatic hydroxyl groups is 2. The highest BCUT2D eigenvalue weighted by molar-refractivity contribution is 5.96. The Morgan fingerprint density at radius 2 is 0.964 bits per heavy atom. The van der Waals surface area contributed by atoms with Gasteiger partial charge in [0.1, 0.15) is 11.5 Å². The first kappa shape index (κ1) is 24.5. The third kappa shape index (κ3) is 12.8. The number of hydrogen-bond acceptors (Lipinski definition) is 3. The van der Waals surface area contributed by atoms with Crippen molar-refractivity contribution >= 4 is 5.78 Å². The van der Waals surface area contributed by atoms with Crippen LogP contribution in [0.2, 0.25) is 0 Å². The summed E-state index contributed by atoms with van der Waals surface area (Å²) in [4.78, 5) is 12.1. The summed E-state index contributed by atoms with van der Waals surface area (Å²) in [5.74, 6) is -0.123. The molecule has 0 fully saturated rings. The maximum atomic E-state index is 12.1. The van der Waals surface area contributed by atoms with Gasteiger partial charge in [0.25, 0.3) is 0 Å². The van der Waals surface area contributed by atoms with Crippen LogP contribution >= 0.6 is 0 Å². The zero-order valence-corrected chi connectivity index (χ0v) is 18.1. The number of rotatable bonds is 18. The van der Waals surface area contributed by atoms with Crippen LogP contribution in [0.1, 0.15) is 126 Å². The molecule has 0 aliphatic carbocycles. The molecule has 160 valence electrons. The molecule has 0 aromatic heterocycles. The van der Waals surface area contributed by atoms with E-state index >= 15 is 0 Å². The number of unbranched alkanes of at least 4 members (excludes halogenated alkanes) is 15. The van der Waals surface area contributed by atoms with E-state index in [0.717, 1.165) is 12.8 Å². The third-order valence-corrected chi connectivity index (χ3v) is 5.48. The number of hydrogen-bond donors (Lipinski definition) is 2. The van der Waals surface area contributed by atoms with E-state index in [0.29, 0.717) is 12.0 Å². The summed E-state index contributed by atoms with van der Waals surface area (Å²) in [6, 6.07) is 4.09. The Bertz CT molecular complexity index is 504. The Morgan fingerprint density at radius 3 is 1.36 bits per heavy atom. The van der Waals surface area contributed by atoms with Gasteiger partial charge in [-0.25, -0.2) is 0 Å². The van der Waals surface area contributed by atoms with Gasteiger partial charge in [-0.15, -0.1) is 0 Å². The van der Waals surface area contributed by atoms with Crippen molar-refractivity contribution in [2.24, 2.45) is 0 Å². The van der Waals surface area contributed by atoms with Crippen molar-refractivity contribution in [2.45, 2.75) is 116 Å². The molecule has 3 nitrogen and oxygen atoms in total. The summed E-state index contributed by atoms with van der Waals surface area (Å²) in [7, 11) is 0. The topological polar surface area (TPSA) is 57.5 Å². The van der Waals surface area contributed by atoms with E-state index in [1.165, 1.54) is 108 Å². The molecule has 0 aliphatic rings. The molecule has 0 radical (unpaired) electrons. The van der Waals surface area contributed by atoms with Crippen molar-refractivity contribution in [3.8, 4) is 11.5 Å². The largest absolute Gasteiger partial charge is 0.508 e. The van der Waals surface area contributed by atoms with E-state index in [2.05, 4.69) is 6.92 Å². The number of phenols is 2. The molecule has 0 atom stereocenters. The van der Waals surface area contributed by atoms with Crippen LogP contribution in [0.5, 0.6) is 11.5 Å². The second kappa shape index (κ2) is 16.4. The van der Waals surface area contributed by atoms with E-state index in [1.54, 1.807) is 0 Å². The molecule has 0 heterocycles. The minimum atomic E-state index is -0.0599. The minimum Gasteiger partial charge on any atom is -0.508 e. The monoisotopic (exact) mass is 390 g/mol. The fourth-order valence-electron chi connectivity index (χ4n) is 3.73. The summed E-state index contributed by atoms with van der Waals surface area (Å²) in [5.41, 5.74) is 0.401. The van der Waals surface area contributed by atoms with Crippen molar-refractivity contribution < 1.29 is 15.0 Å². The van der Waals surface area contributed by atoms with Gasteiger partial charge in [0.15, 0.2) is 5.78 Å². The zero-order chi connectivity index (χ0) is 20.5. The Labute approximate surface area is 172 Å². The van der Waals surface area contributed by atoms with Gasteiger partial charge in [0.05, 0.1) is 0 Å². The predicted octanol–water partition coefficient (Wildman–Crippen LogP) is 7.93. The fraction of sp³-hybridized carbons (Fsp3) is 0.720. The molecule has 0 unspecified atom stereocenters. The fourth-order valence-corrected chi connectivity index (χ4v) is 3.73. The van der Waals surface area contributed by atoms with Crippen LogP contribution < -0.4 is 0 Å². The number of Topliss-reactive ketones (excluding diaryl/α,β-unsaturated/α-hetero) is 1. The summed E-state index contributed by atoms with van der Waals surface area (Å²) in [5, 5.41) is 18.9. The highest BCUT2D eigenvalue weighted by Gasteiger charge is 2.08. The highest BCUT2D eigenvalue weighted by atomic mass is 16.3. The van der Waals surface area contributed by atoms with Gasteiger partial charge in [0, 0.05) is 18.1 Å². The number of phenolic OH excluding ortho intramolecular Hbond substituents is 2. The minimum absolute atomic E-state index is 0.00318. The maximum Gasteiger partial charge on any atom is 0.163 e. The summed E-state index contributed by atoms with van der Waals surface area (Å²) in [6.45, 7) is 2.27. The smallest absolute Gasteiger partial charge is 0.163 e. The van der Waals surface area contributed by atoms with Crippen molar-refractivity contribution in [3.63, 3.8) is 0 Å². The molecule has 0 saturated carbocycles. The second-order valence-corrected chi connectivity index (χ2v) is 8.21. The van der Waals surface area contributed by atoms with Crippen LogP contribution in [0, 0.1) is 0 Å². The Hall–Kier alpha value is -1.51. The third-order valence-electron chi connectivity index (χ3n) is 5.48. The van der Waals surface area contributed by atoms with Crippen molar-refractivity contribution in [1.29, 1.82) is 0 Å². The SMILES string of the molecule is CCCCCCCCCCCCCCCCCCC(=O)c1cc(O)cc(O)c1. The van der Waals surface area contributed by atoms with Crippen molar-refractivity contribution in [3.05, 3.63) is 23.8 Å². The van der Waals surface area contributed by atoms with E-state index < -0.39 is 0 Å². The van der Waals surface area contributed by atoms with Crippen LogP contribution in [0.15, 0.2) is 18.2 Å². The Balaban J connectivity index is 1.86. The van der Waals surface area contributed by atoms with Crippen LogP contribution in [-0.2, 0) is 0 Å². The quantitative estimate of drug-likeness (QED) is 0.197. The van der Waals surface area contributed by atoms with Crippen molar-refractivity contribution in [1.82, 2.24) is 0 Å². The number of carbonyl (C=O) groups is 1. The lowest BCUT2D eigenvalue weighted by Crippen LogP contribution is -1.98. The van der Waals surface area contributed by atoms with E-state index in [-0.39, 0.29) is 17.3 Å². The first-order valence-electron chi connectivity index (χ1n) is 11.7. The lowest BCUT2D eigenvalue weighted by Gasteiger charge is -2.04. The molecule has 0 spiro atoms. The molecule has 2 N–H and O–H groups in total. The zero-order valence-electron chi connectivity index (χ0n) is 18.1. The van der Waals surface area contributed by atoms with Crippen LogP contribution in [0.25, 0.3) is 0 Å². The lowest BCUT2D eigenvalue weighted by molar-refractivity contribution is 0.0978. The average molecular weight is 391 g/mol. The van der Waals surface area contributed by atoms with Gasteiger partial charge in [-0.05, 0) is 18.6 Å². The van der Waals surface area contributed by atoms with Gasteiger partial charge < -0.3 is 10.2 Å². The molecule has 1 aromatic carbocycles. The van der Waals surface area contributed by atoms with Crippen LogP contribution in [-0.4, -0.2) is 16.0 Å². The van der Waals surface area contributed by atoms with E-state index in [1.807, 2.05) is 0 Å². The Morgan fingerprint density at radius 1 is 0.607 bits per heavy atom. The van der Waals surface area contributed by atoms with E-state index in [9.17, 15) is 15.0 Å². The molecular formula is C25H42O3. The van der Waals surface area contributed by atoms with Crippen LogP contribution in [0.4, 0.5) is 0 Å². The summed E-state index contributed by atoms with van der Waals surface area (Å²) in [6.07, 6.45) is 21.6. The first-order chi connectivity index (χ1) is 13.6. The molecular weight excluding hydrogens is 348 g/mol. The lowest BCUT2D eigenvalue weighted by atomic mass is 10.0. The van der Waals surface area contributed by atoms with Crippen molar-refractivity contribution in [2.75, 3.05) is 0 Å². The standard InChI is InChI=1S/C25H42O3/c1-2-3-4-5-6-7-8-9-10-11-12-13-14-15-16-17-18-25(28)22-19-23(26)21-24(27)20-22/h19-21,26-27H,2-18H2,1H3. The number of benzene rings is 1. The normalized spacial score (nSPS) is 11.0. The van der Waals surface area contributed by atoms with Gasteiger partial charge >= 0.3 is 0 Å². The second-order valence-electron chi connectivity index (χ2n) is 8.21. The molecule has 28 heavy (non-hydrogen) atoms. The molecule has 1 rings (SSSR count). The predicted molar refractivity (Wildman–Crippen MR) is 118 cm³/mol. The van der Waals surface area contributed by atoms with E-state index in [4.69, 9.17) is 0 Å². The summed E-state index contributed by atoms with van der Waals surface area (Å²) >= 11 is 0. The van der Waals surface area contributed by atoms with Gasteiger partial charge in [-0.2, -0.15) is 0 Å². The molecule has 0 bridgehead atoms. The molecule has 0 amide bonds. The van der Waals surface area contributed by atoms with Gasteiger partial charge in [0.2, 0.25) is 0 Å². The first-order valence-corrected chi connectivity index (χ1v) is 11.7. The summed E-state index contributed by atoms with van der Waals surface area (Å²) < 4.78 is 0. The van der Waals surface area contributed by atoms with Gasteiger partial charge in [-0.1, -0.05) is 103 Å². The average Bonchev–Trinajstić information content (AvgIpc) is 2.66. The maximum absolute atomic E-state index is 12.1. The molecule has 0 aliphatic heterocycles.